The monoisotopic (exact) mass is 708 g/mol. The van der Waals surface area contributed by atoms with E-state index in [0.717, 1.165) is 5.03 Å². The number of alkyl halides is 4. The van der Waals surface area contributed by atoms with Crippen molar-refractivity contribution in [2.24, 2.45) is 0 Å². The van der Waals surface area contributed by atoms with Crippen LogP contribution in [0.5, 0.6) is 0 Å². The molecule has 0 fully saturated rings. The Bertz CT molecular complexity index is 2010. The van der Waals surface area contributed by atoms with Gasteiger partial charge in [-0.2, -0.15) is 8.42 Å². The Hall–Kier alpha value is -3.71. The van der Waals surface area contributed by atoms with E-state index < -0.39 is 21.1 Å². The normalized spacial score (nSPS) is 11.4. The molecule has 6 heterocycles. The first-order valence-corrected chi connectivity index (χ1v) is 16.3. The summed E-state index contributed by atoms with van der Waals surface area (Å²) in [4.78, 5) is 32.0. The topological polar surface area (TPSA) is 146 Å². The molecule has 0 unspecified atom stereocenters. The molecule has 0 saturated heterocycles. The molecule has 44 heavy (non-hydrogen) atoms. The van der Waals surface area contributed by atoms with E-state index >= 15 is 0 Å². The summed E-state index contributed by atoms with van der Waals surface area (Å²) in [6.45, 7) is 0. The van der Waals surface area contributed by atoms with Crippen LogP contribution in [0.1, 0.15) is 24.2 Å². The third-order valence-electron chi connectivity index (χ3n) is 5.20. The molecule has 6 rings (SSSR count). The summed E-state index contributed by atoms with van der Waals surface area (Å²) in [5, 5.41) is 1.07. The third-order valence-corrected chi connectivity index (χ3v) is 6.05. The van der Waals surface area contributed by atoms with Crippen molar-refractivity contribution in [1.82, 2.24) is 48.7 Å². The van der Waals surface area contributed by atoms with Crippen molar-refractivity contribution in [3.63, 3.8) is 0 Å². The molecule has 0 atom stereocenters. The fourth-order valence-corrected chi connectivity index (χ4v) is 3.92. The number of hydrogen-bond donors (Lipinski definition) is 0. The van der Waals surface area contributed by atoms with Crippen molar-refractivity contribution in [3.8, 4) is 23.0 Å². The highest BCUT2D eigenvalue weighted by molar-refractivity contribution is 8.31. The molecule has 6 aromatic heterocycles. The SMILES string of the molecule is CSc1ccnc(-c2cnc3cnc(C(F)F)cn23)n1.FC(F)c1cn2c(-c3nccc(Cl)n3)cnc2cn1.O=S(=O)(Cl)Cl. The number of hydrogen-bond acceptors (Lipinski definition) is 11. The van der Waals surface area contributed by atoms with Crippen LogP contribution in [0.2, 0.25) is 5.15 Å². The van der Waals surface area contributed by atoms with E-state index in [9.17, 15) is 17.6 Å². The molecule has 230 valence electrons. The molecule has 0 saturated carbocycles. The summed E-state index contributed by atoms with van der Waals surface area (Å²) in [7, 11) is 4.81. The lowest BCUT2D eigenvalue weighted by Crippen LogP contribution is -1.98. The van der Waals surface area contributed by atoms with E-state index in [-0.39, 0.29) is 16.5 Å². The minimum Gasteiger partial charge on any atom is -0.294 e. The largest absolute Gasteiger partial charge is 0.317 e. The van der Waals surface area contributed by atoms with Gasteiger partial charge in [-0.15, -0.1) is 11.8 Å². The smallest absolute Gasteiger partial charge is 0.294 e. The number of halogens is 7. The molecule has 6 aromatic rings. The van der Waals surface area contributed by atoms with Crippen LogP contribution in [-0.2, 0) is 8.26 Å². The summed E-state index contributed by atoms with van der Waals surface area (Å²) >= 11 is 7.26. The Balaban J connectivity index is 0.000000175. The Morgan fingerprint density at radius 3 is 1.61 bits per heavy atom. The number of nitrogens with zero attached hydrogens (tertiary/aromatic N) is 10. The summed E-state index contributed by atoms with van der Waals surface area (Å²) in [6.07, 6.45) is 7.82. The molecule has 0 bridgehead atoms. The maximum Gasteiger partial charge on any atom is 0.317 e. The van der Waals surface area contributed by atoms with Crippen LogP contribution in [0, 0.1) is 0 Å². The van der Waals surface area contributed by atoms with Gasteiger partial charge in [-0.3, -0.25) is 8.80 Å². The molecule has 0 aromatic carbocycles. The zero-order chi connectivity index (χ0) is 32.0. The first-order chi connectivity index (χ1) is 20.8. The number of imidazole rings is 2. The third kappa shape index (κ3) is 8.69. The number of rotatable bonds is 5. The summed E-state index contributed by atoms with van der Waals surface area (Å²) in [6, 6.07) is 3.31. The highest BCUT2D eigenvalue weighted by Gasteiger charge is 2.15. The molecule has 0 aliphatic heterocycles. The first-order valence-electron chi connectivity index (χ1n) is 11.6. The molecule has 0 radical (unpaired) electrons. The Labute approximate surface area is 263 Å². The van der Waals surface area contributed by atoms with Crippen molar-refractivity contribution in [2.75, 3.05) is 6.26 Å². The van der Waals surface area contributed by atoms with Gasteiger partial charge in [0.1, 0.15) is 27.9 Å². The van der Waals surface area contributed by atoms with E-state index in [2.05, 4.69) is 61.2 Å². The highest BCUT2D eigenvalue weighted by Crippen LogP contribution is 2.23. The number of fused-ring (bicyclic) bond motifs is 2. The van der Waals surface area contributed by atoms with Crippen LogP contribution >= 0.6 is 44.7 Å². The fraction of sp³-hybridized carbons (Fsp3) is 0.130. The van der Waals surface area contributed by atoms with Crippen molar-refractivity contribution in [2.45, 2.75) is 17.9 Å². The van der Waals surface area contributed by atoms with Gasteiger partial charge in [-0.05, 0) is 18.4 Å². The first kappa shape index (κ1) is 33.2. The predicted octanol–water partition coefficient (Wildman–Crippen LogP) is 6.33. The van der Waals surface area contributed by atoms with Crippen molar-refractivity contribution < 1.29 is 26.0 Å². The quantitative estimate of drug-likeness (QED) is 0.0856. The Morgan fingerprint density at radius 1 is 0.727 bits per heavy atom. The summed E-state index contributed by atoms with van der Waals surface area (Å²) < 4.78 is 72.1. The lowest BCUT2D eigenvalue weighted by atomic mass is 10.4. The molecule has 12 nitrogen and oxygen atoms in total. The second kappa shape index (κ2) is 14.4. The van der Waals surface area contributed by atoms with Crippen molar-refractivity contribution >= 4 is 64.3 Å². The minimum absolute atomic E-state index is 0.267. The van der Waals surface area contributed by atoms with Crippen LogP contribution in [0.4, 0.5) is 17.6 Å². The zero-order valence-corrected chi connectivity index (χ0v) is 25.6. The zero-order valence-electron chi connectivity index (χ0n) is 21.7. The molecule has 0 spiro atoms. The minimum atomic E-state index is -3.72. The molecular formula is C23H15Cl3F4N10O2S2. The van der Waals surface area contributed by atoms with E-state index in [1.165, 1.54) is 63.8 Å². The van der Waals surface area contributed by atoms with E-state index in [1.54, 1.807) is 18.5 Å². The maximum atomic E-state index is 12.7. The summed E-state index contributed by atoms with van der Waals surface area (Å²) in [5.74, 6) is 0.752. The Morgan fingerprint density at radius 2 is 1.18 bits per heavy atom. The molecule has 0 N–H and O–H groups in total. The fourth-order valence-electron chi connectivity index (χ4n) is 3.40. The van der Waals surface area contributed by atoms with Gasteiger partial charge in [0.15, 0.2) is 22.9 Å². The number of thioether (sulfide) groups is 1. The van der Waals surface area contributed by atoms with Crippen LogP contribution < -0.4 is 0 Å². The number of aromatic nitrogens is 10. The average molecular weight is 710 g/mol. The lowest BCUT2D eigenvalue weighted by Gasteiger charge is -2.04. The standard InChI is InChI=1S/C12H9F2N5S.C11H6ClF2N5.Cl2O2S/c1-20-10-2-3-15-12(18-10)8-4-17-9-5-16-7(11(13)14)6-19(8)9;12-8-1-2-15-11(18-8)7-3-17-9-4-16-6(10(13)14)5-19(7)9;1-5(2,3)4/h2-6,11H,1H3;1-5,10H;. The van der Waals surface area contributed by atoms with E-state index in [1.807, 2.05) is 6.26 Å². The van der Waals surface area contributed by atoms with Gasteiger partial charge in [-0.1, -0.05) is 11.6 Å². The Kier molecular flexibility index (Phi) is 10.8. The van der Waals surface area contributed by atoms with Gasteiger partial charge in [0, 0.05) is 46.2 Å². The van der Waals surface area contributed by atoms with Crippen LogP contribution in [0.15, 0.2) is 66.7 Å². The second-order valence-electron chi connectivity index (χ2n) is 7.97. The van der Waals surface area contributed by atoms with Gasteiger partial charge in [0.2, 0.25) is 0 Å². The van der Waals surface area contributed by atoms with Crippen molar-refractivity contribution in [3.05, 3.63) is 78.2 Å². The van der Waals surface area contributed by atoms with E-state index in [0.29, 0.717) is 34.3 Å². The predicted molar refractivity (Wildman–Crippen MR) is 155 cm³/mol. The molecule has 0 amide bonds. The van der Waals surface area contributed by atoms with Gasteiger partial charge >= 0.3 is 8.26 Å². The second-order valence-corrected chi connectivity index (χ2v) is 12.9. The molecular weight excluding hydrogens is 695 g/mol. The van der Waals surface area contributed by atoms with Gasteiger partial charge in [0.05, 0.1) is 29.8 Å². The summed E-state index contributed by atoms with van der Waals surface area (Å²) in [5.41, 5.74) is 1.29. The molecule has 0 aliphatic rings. The molecule has 0 aliphatic carbocycles. The van der Waals surface area contributed by atoms with Crippen LogP contribution in [0.25, 0.3) is 34.3 Å². The van der Waals surface area contributed by atoms with Crippen molar-refractivity contribution in [1.29, 1.82) is 0 Å². The van der Waals surface area contributed by atoms with Crippen LogP contribution in [0.3, 0.4) is 0 Å². The van der Waals surface area contributed by atoms with Gasteiger partial charge in [0.25, 0.3) is 12.9 Å². The average Bonchev–Trinajstić information content (AvgIpc) is 3.60. The van der Waals surface area contributed by atoms with Gasteiger partial charge < -0.3 is 0 Å². The molecule has 21 heteroatoms. The van der Waals surface area contributed by atoms with E-state index in [4.69, 9.17) is 20.0 Å². The lowest BCUT2D eigenvalue weighted by molar-refractivity contribution is 0.145. The highest BCUT2D eigenvalue weighted by atomic mass is 36.0. The van der Waals surface area contributed by atoms with Crippen LogP contribution in [-0.4, -0.2) is 63.3 Å². The maximum absolute atomic E-state index is 12.7. The van der Waals surface area contributed by atoms with Gasteiger partial charge in [-0.25, -0.2) is 57.4 Å².